The molecule has 2 N–H and O–H groups in total. The van der Waals surface area contributed by atoms with Crippen molar-refractivity contribution in [2.45, 2.75) is 33.0 Å². The smallest absolute Gasteiger partial charge is 0.355 e. The number of hydrogen-bond donors (Lipinski definition) is 2. The van der Waals surface area contributed by atoms with Crippen molar-refractivity contribution in [2.75, 3.05) is 5.32 Å². The van der Waals surface area contributed by atoms with Gasteiger partial charge in [-0.15, -0.1) is 0 Å². The molecule has 11 heteroatoms. The van der Waals surface area contributed by atoms with Crippen molar-refractivity contribution in [3.63, 3.8) is 0 Å². The second-order valence-electron chi connectivity index (χ2n) is 8.30. The molecule has 0 aliphatic rings. The predicted octanol–water partition coefficient (Wildman–Crippen LogP) is 3.51. The molecule has 2 heterocycles. The van der Waals surface area contributed by atoms with Gasteiger partial charge in [0.05, 0.1) is 19.2 Å². The van der Waals surface area contributed by atoms with E-state index in [1.54, 1.807) is 44.2 Å². The molecular formula is C25H23ClFN5O4. The van der Waals surface area contributed by atoms with E-state index in [1.165, 1.54) is 35.0 Å². The van der Waals surface area contributed by atoms with E-state index in [-0.39, 0.29) is 42.1 Å². The SMILES string of the molecule is CC(C)Oc1ccc(Nc2nc(=O)n(Cc3ccc(=O)[nH]c3)c(=O)n2Cc2ccc(Cl)cc2)cc1F. The maximum absolute atomic E-state index is 14.5. The standard InChI is InChI=1S/C25H23ClFN5O4/c1-15(2)36-21-9-8-19(11-20(21)27)29-23-30-24(34)32(14-17-5-10-22(33)28-12-17)25(35)31(23)13-16-3-6-18(26)7-4-16/h3-12,15H,13-14H2,1-2H3,(H,28,33)(H,29,30,34). The van der Waals surface area contributed by atoms with E-state index >= 15 is 0 Å². The van der Waals surface area contributed by atoms with Gasteiger partial charge in [0.2, 0.25) is 11.5 Å². The van der Waals surface area contributed by atoms with E-state index in [0.29, 0.717) is 10.6 Å². The third-order valence-corrected chi connectivity index (χ3v) is 5.40. The molecular weight excluding hydrogens is 489 g/mol. The molecule has 0 saturated heterocycles. The lowest BCUT2D eigenvalue weighted by Crippen LogP contribution is -2.43. The molecule has 4 aromatic rings. The summed E-state index contributed by atoms with van der Waals surface area (Å²) < 4.78 is 22.2. The molecule has 2 aromatic carbocycles. The van der Waals surface area contributed by atoms with Crippen LogP contribution >= 0.6 is 11.6 Å². The summed E-state index contributed by atoms with van der Waals surface area (Å²) in [5.41, 5.74) is -0.205. The Hall–Kier alpha value is -4.18. The van der Waals surface area contributed by atoms with E-state index in [9.17, 15) is 18.8 Å². The normalized spacial score (nSPS) is 11.0. The molecule has 0 fully saturated rings. The Balaban J connectivity index is 1.75. The van der Waals surface area contributed by atoms with Crippen molar-refractivity contribution in [1.29, 1.82) is 0 Å². The number of benzene rings is 2. The van der Waals surface area contributed by atoms with Gasteiger partial charge in [-0.1, -0.05) is 29.8 Å². The Labute approximate surface area is 209 Å². The average Bonchev–Trinajstić information content (AvgIpc) is 2.83. The Kier molecular flexibility index (Phi) is 7.35. The minimum atomic E-state index is -0.804. The number of ether oxygens (including phenoxy) is 1. The van der Waals surface area contributed by atoms with Crippen LogP contribution in [0.15, 0.2) is 75.2 Å². The summed E-state index contributed by atoms with van der Waals surface area (Å²) in [4.78, 5) is 44.2. The van der Waals surface area contributed by atoms with E-state index in [1.807, 2.05) is 0 Å². The molecule has 0 spiro atoms. The van der Waals surface area contributed by atoms with Crippen LogP contribution in [-0.2, 0) is 13.1 Å². The summed E-state index contributed by atoms with van der Waals surface area (Å²) in [6.45, 7) is 3.53. The Bertz CT molecular complexity index is 1540. The first-order valence-electron chi connectivity index (χ1n) is 11.1. The molecule has 186 valence electrons. The predicted molar refractivity (Wildman–Crippen MR) is 135 cm³/mol. The first kappa shape index (κ1) is 24.9. The molecule has 4 rings (SSSR count). The molecule has 0 saturated carbocycles. The van der Waals surface area contributed by atoms with Gasteiger partial charge < -0.3 is 15.0 Å². The summed E-state index contributed by atoms with van der Waals surface area (Å²) in [5.74, 6) is -0.584. The molecule has 9 nitrogen and oxygen atoms in total. The zero-order chi connectivity index (χ0) is 25.8. The van der Waals surface area contributed by atoms with Crippen LogP contribution < -0.4 is 27.0 Å². The van der Waals surface area contributed by atoms with Gasteiger partial charge in [0.1, 0.15) is 0 Å². The Morgan fingerprint density at radius 2 is 1.69 bits per heavy atom. The number of nitrogens with zero attached hydrogens (tertiary/aromatic N) is 3. The average molecular weight is 512 g/mol. The van der Waals surface area contributed by atoms with Crippen LogP contribution in [0.4, 0.5) is 16.0 Å². The lowest BCUT2D eigenvalue weighted by Gasteiger charge is -2.16. The van der Waals surface area contributed by atoms with Crippen LogP contribution in [0, 0.1) is 5.82 Å². The summed E-state index contributed by atoms with van der Waals surface area (Å²) in [5, 5.41) is 3.41. The van der Waals surface area contributed by atoms with E-state index in [4.69, 9.17) is 16.3 Å². The molecule has 0 radical (unpaired) electrons. The number of pyridine rings is 1. The quantitative estimate of drug-likeness (QED) is 0.374. The van der Waals surface area contributed by atoms with Gasteiger partial charge in [0.15, 0.2) is 11.6 Å². The van der Waals surface area contributed by atoms with Gasteiger partial charge in [0.25, 0.3) is 0 Å². The van der Waals surface area contributed by atoms with Gasteiger partial charge in [-0.3, -0.25) is 9.36 Å². The van der Waals surface area contributed by atoms with Crippen molar-refractivity contribution in [2.24, 2.45) is 0 Å². The second kappa shape index (κ2) is 10.6. The van der Waals surface area contributed by atoms with Crippen LogP contribution in [0.5, 0.6) is 5.75 Å². The topological polar surface area (TPSA) is 111 Å². The highest BCUT2D eigenvalue weighted by Crippen LogP contribution is 2.24. The highest BCUT2D eigenvalue weighted by Gasteiger charge is 2.16. The number of hydrogen-bond acceptors (Lipinski definition) is 6. The number of aromatic nitrogens is 4. The minimum Gasteiger partial charge on any atom is -0.488 e. The molecule has 0 unspecified atom stereocenters. The fraction of sp³-hybridized carbons (Fsp3) is 0.200. The molecule has 2 aromatic heterocycles. The van der Waals surface area contributed by atoms with Gasteiger partial charge in [-0.25, -0.2) is 18.5 Å². The van der Waals surface area contributed by atoms with Gasteiger partial charge in [-0.05, 0) is 49.2 Å². The van der Waals surface area contributed by atoms with Crippen molar-refractivity contribution in [1.82, 2.24) is 19.1 Å². The molecule has 36 heavy (non-hydrogen) atoms. The van der Waals surface area contributed by atoms with Crippen molar-refractivity contribution in [3.05, 3.63) is 114 Å². The third kappa shape index (κ3) is 5.89. The van der Waals surface area contributed by atoms with Crippen LogP contribution in [-0.4, -0.2) is 25.2 Å². The summed E-state index contributed by atoms with van der Waals surface area (Å²) in [6.07, 6.45) is 1.22. The zero-order valence-corrected chi connectivity index (χ0v) is 20.3. The number of nitrogens with one attached hydrogen (secondary N) is 2. The summed E-state index contributed by atoms with van der Waals surface area (Å²) in [7, 11) is 0. The van der Waals surface area contributed by atoms with E-state index in [2.05, 4.69) is 15.3 Å². The fourth-order valence-corrected chi connectivity index (χ4v) is 3.58. The Morgan fingerprint density at radius 1 is 1.00 bits per heavy atom. The number of H-pyrrole nitrogens is 1. The molecule has 0 bridgehead atoms. The van der Waals surface area contributed by atoms with Crippen LogP contribution in [0.3, 0.4) is 0 Å². The maximum atomic E-state index is 14.5. The summed E-state index contributed by atoms with van der Waals surface area (Å²) in [6, 6.07) is 13.9. The fourth-order valence-electron chi connectivity index (χ4n) is 3.46. The largest absolute Gasteiger partial charge is 0.488 e. The van der Waals surface area contributed by atoms with E-state index in [0.717, 1.165) is 10.1 Å². The minimum absolute atomic E-state index is 0.0606. The lowest BCUT2D eigenvalue weighted by atomic mass is 10.2. The maximum Gasteiger partial charge on any atom is 0.355 e. The van der Waals surface area contributed by atoms with Gasteiger partial charge in [0, 0.05) is 29.0 Å². The van der Waals surface area contributed by atoms with Gasteiger partial charge >= 0.3 is 11.4 Å². The Morgan fingerprint density at radius 3 is 2.33 bits per heavy atom. The number of anilines is 2. The highest BCUT2D eigenvalue weighted by molar-refractivity contribution is 6.30. The first-order chi connectivity index (χ1) is 17.2. The van der Waals surface area contributed by atoms with Crippen molar-refractivity contribution < 1.29 is 9.13 Å². The zero-order valence-electron chi connectivity index (χ0n) is 19.5. The highest BCUT2D eigenvalue weighted by atomic mass is 35.5. The monoisotopic (exact) mass is 511 g/mol. The lowest BCUT2D eigenvalue weighted by molar-refractivity contribution is 0.231. The third-order valence-electron chi connectivity index (χ3n) is 5.14. The summed E-state index contributed by atoms with van der Waals surface area (Å²) >= 11 is 5.98. The number of aromatic amines is 1. The van der Waals surface area contributed by atoms with Crippen LogP contribution in [0.25, 0.3) is 0 Å². The molecule has 0 aliphatic heterocycles. The molecule has 0 amide bonds. The van der Waals surface area contributed by atoms with Gasteiger partial charge in [-0.2, -0.15) is 4.98 Å². The van der Waals surface area contributed by atoms with Crippen molar-refractivity contribution in [3.8, 4) is 5.75 Å². The van der Waals surface area contributed by atoms with E-state index < -0.39 is 17.2 Å². The van der Waals surface area contributed by atoms with Crippen LogP contribution in [0.2, 0.25) is 5.02 Å². The van der Waals surface area contributed by atoms with Crippen molar-refractivity contribution >= 4 is 23.2 Å². The number of rotatable bonds is 8. The first-order valence-corrected chi connectivity index (χ1v) is 11.4. The second-order valence-corrected chi connectivity index (χ2v) is 8.73. The molecule has 0 atom stereocenters. The molecule has 0 aliphatic carbocycles. The van der Waals surface area contributed by atoms with Crippen LogP contribution in [0.1, 0.15) is 25.0 Å². The number of halogens is 2.